The van der Waals surface area contributed by atoms with Crippen LogP contribution in [0.15, 0.2) is 0 Å². The first kappa shape index (κ1) is 31.0. The second-order valence-electron chi connectivity index (χ2n) is 2.13. The van der Waals surface area contributed by atoms with Crippen molar-refractivity contribution in [3.8, 4) is 0 Å². The molecular formula is C6H25ClCoN6O4. The van der Waals surface area contributed by atoms with E-state index in [0.717, 1.165) is 0 Å². The van der Waals surface area contributed by atoms with Crippen LogP contribution in [0.3, 0.4) is 0 Å². The van der Waals surface area contributed by atoms with Crippen molar-refractivity contribution < 1.29 is 45.7 Å². The number of rotatable bonds is 3. The maximum absolute atomic E-state index is 8.60. The van der Waals surface area contributed by atoms with Gasteiger partial charge >= 0.3 is 0 Å². The average molecular weight is 340 g/mol. The quantitative estimate of drug-likeness (QED) is 0.256. The molecular weight excluding hydrogens is 314 g/mol. The molecule has 0 amide bonds. The average Bonchev–Trinajstić information content (AvgIpc) is 2.27. The first-order valence-electron chi connectivity index (χ1n) is 4.58. The number of hydrogen-bond acceptors (Lipinski definition) is 10. The standard InChI is InChI=1S/3C2H8N2.ClHO4.Co/c3*3-1-2-4;2-1(3,4)5;/h3*1-4H2;(H,2,3,4,5);. The van der Waals surface area contributed by atoms with Gasteiger partial charge in [-0.05, 0) is 0 Å². The number of hydrogen-bond donors (Lipinski definition) is 7. The van der Waals surface area contributed by atoms with Crippen LogP contribution in [0.5, 0.6) is 0 Å². The van der Waals surface area contributed by atoms with Crippen LogP contribution in [-0.4, -0.2) is 43.9 Å². The molecule has 0 aliphatic carbocycles. The van der Waals surface area contributed by atoms with E-state index in [0.29, 0.717) is 39.3 Å². The van der Waals surface area contributed by atoms with Gasteiger partial charge in [-0.1, -0.05) is 0 Å². The van der Waals surface area contributed by atoms with Gasteiger partial charge in [0.1, 0.15) is 0 Å². The predicted octanol–water partition coefficient (Wildman–Crippen LogP) is -7.42. The molecule has 18 heavy (non-hydrogen) atoms. The fraction of sp³-hybridized carbons (Fsp3) is 1.00. The first-order chi connectivity index (χ1) is 7.74. The number of halogens is 1. The Morgan fingerprint density at radius 3 is 0.667 bits per heavy atom. The van der Waals surface area contributed by atoms with Gasteiger partial charge in [0, 0.05) is 56.0 Å². The van der Waals surface area contributed by atoms with Crippen LogP contribution in [0, 0.1) is 10.2 Å². The summed E-state index contributed by atoms with van der Waals surface area (Å²) in [5.74, 6) is 0. The maximum Gasteiger partial charge on any atom is 0.0777 e. The second kappa shape index (κ2) is 30.4. The molecule has 119 valence electrons. The molecule has 0 saturated heterocycles. The summed E-state index contributed by atoms with van der Waals surface area (Å²) in [6.07, 6.45) is 0. The van der Waals surface area contributed by atoms with E-state index >= 15 is 0 Å². The molecule has 0 aromatic heterocycles. The summed E-state index contributed by atoms with van der Waals surface area (Å²) in [6, 6.07) is 0. The van der Waals surface area contributed by atoms with Crippen molar-refractivity contribution in [3.05, 3.63) is 0 Å². The molecule has 0 bridgehead atoms. The van der Waals surface area contributed by atoms with Gasteiger partial charge in [-0.25, -0.2) is 0 Å². The van der Waals surface area contributed by atoms with Crippen molar-refractivity contribution in [3.63, 3.8) is 0 Å². The van der Waals surface area contributed by atoms with E-state index in [9.17, 15) is 0 Å². The van der Waals surface area contributed by atoms with E-state index in [-0.39, 0.29) is 16.8 Å². The third-order valence-corrected chi connectivity index (χ3v) is 0.500. The molecule has 0 saturated carbocycles. The van der Waals surface area contributed by atoms with Gasteiger partial charge in [0.15, 0.2) is 0 Å². The summed E-state index contributed by atoms with van der Waals surface area (Å²) in [5.41, 5.74) is 29.4. The fourth-order valence-electron chi connectivity index (χ4n) is 0. The molecule has 0 aliphatic heterocycles. The van der Waals surface area contributed by atoms with Gasteiger partial charge in [-0.3, -0.25) is 0 Å². The molecule has 10 nitrogen and oxygen atoms in total. The van der Waals surface area contributed by atoms with Crippen molar-refractivity contribution >= 4 is 0 Å². The van der Waals surface area contributed by atoms with Crippen LogP contribution in [-0.2, 0) is 16.8 Å². The number of nitrogens with two attached hydrogens (primary N) is 6. The van der Waals surface area contributed by atoms with E-state index in [1.165, 1.54) is 0 Å². The summed E-state index contributed by atoms with van der Waals surface area (Å²) in [5, 5.41) is 0. The Morgan fingerprint density at radius 1 is 0.611 bits per heavy atom. The molecule has 12 heteroatoms. The van der Waals surface area contributed by atoms with E-state index in [4.69, 9.17) is 53.0 Å². The van der Waals surface area contributed by atoms with Crippen molar-refractivity contribution in [1.29, 1.82) is 0 Å². The Bertz CT molecular complexity index is 91.1. The largest absolute Gasteiger partial charge is 0.329 e. The zero-order chi connectivity index (χ0) is 14.7. The predicted molar refractivity (Wildman–Crippen MR) is 56.5 cm³/mol. The van der Waals surface area contributed by atoms with Crippen LogP contribution in [0.2, 0.25) is 0 Å². The Hall–Kier alpha value is 0.396. The summed E-state index contributed by atoms with van der Waals surface area (Å²) in [6.45, 7) is 3.58. The SMILES string of the molecule is NCCN.NCCN.NCCN.[Co].[O-][Cl+3]([O-])([O-])O. The molecule has 1 radical (unpaired) electrons. The minimum atomic E-state index is -4.69. The second-order valence-corrected chi connectivity index (χ2v) is 2.92. The van der Waals surface area contributed by atoms with Gasteiger partial charge in [0.05, 0.1) is 14.9 Å². The molecule has 0 unspecified atom stereocenters. The molecule has 13 N–H and O–H groups in total. The van der Waals surface area contributed by atoms with Crippen molar-refractivity contribution in [2.45, 2.75) is 0 Å². The normalized spacial score (nSPS) is 8.33. The monoisotopic (exact) mass is 339 g/mol. The van der Waals surface area contributed by atoms with Crippen LogP contribution >= 0.6 is 0 Å². The van der Waals surface area contributed by atoms with Gasteiger partial charge in [0.2, 0.25) is 0 Å². The van der Waals surface area contributed by atoms with Crippen molar-refractivity contribution in [1.82, 2.24) is 0 Å². The minimum Gasteiger partial charge on any atom is -0.329 e. The molecule has 0 aromatic carbocycles. The van der Waals surface area contributed by atoms with Gasteiger partial charge < -0.3 is 34.4 Å². The molecule has 0 aliphatic rings. The third kappa shape index (κ3) is 337. The summed E-state index contributed by atoms with van der Waals surface area (Å²) >= 11 is 0. The van der Waals surface area contributed by atoms with Crippen LogP contribution < -0.4 is 48.4 Å². The first-order valence-corrected chi connectivity index (χ1v) is 5.85. The summed E-state index contributed by atoms with van der Waals surface area (Å²) in [7, 11) is -4.69. The Kier molecular flexibility index (Phi) is 52.5. The summed E-state index contributed by atoms with van der Waals surface area (Å²) < 4.78 is 32.7. The maximum atomic E-state index is 8.60. The van der Waals surface area contributed by atoms with Gasteiger partial charge in [-0.2, -0.15) is 14.0 Å². The van der Waals surface area contributed by atoms with Gasteiger partial charge in [-0.15, -0.1) is 0 Å². The van der Waals surface area contributed by atoms with E-state index < -0.39 is 10.2 Å². The molecule has 0 rings (SSSR count). The minimum absolute atomic E-state index is 0. The molecule has 0 fully saturated rings. The molecule has 0 heterocycles. The van der Waals surface area contributed by atoms with Crippen LogP contribution in [0.25, 0.3) is 0 Å². The Morgan fingerprint density at radius 2 is 0.667 bits per heavy atom. The Balaban J connectivity index is -0.0000000412. The Labute approximate surface area is 120 Å². The molecule has 0 aromatic rings. The molecule has 0 atom stereocenters. The van der Waals surface area contributed by atoms with E-state index in [2.05, 4.69) is 0 Å². The van der Waals surface area contributed by atoms with Crippen LogP contribution in [0.4, 0.5) is 0 Å². The third-order valence-electron chi connectivity index (χ3n) is 0.500. The zero-order valence-electron chi connectivity index (χ0n) is 10.1. The fourth-order valence-corrected chi connectivity index (χ4v) is 0. The van der Waals surface area contributed by atoms with Crippen molar-refractivity contribution in [2.75, 3.05) is 39.3 Å². The van der Waals surface area contributed by atoms with E-state index in [1.807, 2.05) is 0 Å². The smallest absolute Gasteiger partial charge is 0.0777 e. The molecule has 0 spiro atoms. The summed E-state index contributed by atoms with van der Waals surface area (Å²) in [4.78, 5) is 0. The van der Waals surface area contributed by atoms with Crippen LogP contribution in [0.1, 0.15) is 0 Å². The van der Waals surface area contributed by atoms with Crippen molar-refractivity contribution in [2.24, 2.45) is 34.4 Å². The zero-order valence-corrected chi connectivity index (χ0v) is 11.9. The van der Waals surface area contributed by atoms with Gasteiger partial charge in [0.25, 0.3) is 0 Å². The topological polar surface area (TPSA) is 246 Å². The van der Waals surface area contributed by atoms with E-state index in [1.54, 1.807) is 0 Å².